The van der Waals surface area contributed by atoms with Gasteiger partial charge in [-0.05, 0) is 30.4 Å². The van der Waals surface area contributed by atoms with Crippen LogP contribution < -0.4 is 5.73 Å². The molecule has 3 nitrogen and oxygen atoms in total. The molecule has 0 saturated carbocycles. The Morgan fingerprint density at radius 2 is 2.06 bits per heavy atom. The van der Waals surface area contributed by atoms with E-state index >= 15 is 0 Å². The number of carboxylic acids is 1. The number of fused-ring (bicyclic) bond motifs is 1. The fourth-order valence-corrected chi connectivity index (χ4v) is 1.99. The van der Waals surface area contributed by atoms with Crippen molar-refractivity contribution in [2.24, 2.45) is 11.7 Å². The molecule has 1 aliphatic rings. The molecule has 0 bridgehead atoms. The number of rotatable bonds is 0. The van der Waals surface area contributed by atoms with Crippen LogP contribution in [-0.4, -0.2) is 11.1 Å². The van der Waals surface area contributed by atoms with Crippen LogP contribution in [-0.2, 0) is 11.2 Å². The molecule has 3 N–H and O–H groups in total. The lowest BCUT2D eigenvalue weighted by atomic mass is 10.0. The van der Waals surface area contributed by atoms with Crippen molar-refractivity contribution in [3.63, 3.8) is 0 Å². The molecule has 0 amide bonds. The molecule has 0 aliphatic heterocycles. The van der Waals surface area contributed by atoms with Gasteiger partial charge in [0, 0.05) is 13.0 Å². The van der Waals surface area contributed by atoms with Crippen LogP contribution in [0.25, 0.3) is 0 Å². The number of aliphatic carboxylic acids is 1. The van der Waals surface area contributed by atoms with Crippen molar-refractivity contribution >= 4 is 5.97 Å². The lowest BCUT2D eigenvalue weighted by Gasteiger charge is -2.09. The Balaban J connectivity index is 0.000000280. The van der Waals surface area contributed by atoms with Gasteiger partial charge in [-0.2, -0.15) is 0 Å². The average molecular weight is 221 g/mol. The molecule has 1 aromatic carbocycles. The van der Waals surface area contributed by atoms with E-state index in [2.05, 4.69) is 32.0 Å². The van der Waals surface area contributed by atoms with E-state index in [1.54, 1.807) is 0 Å². The summed E-state index contributed by atoms with van der Waals surface area (Å²) in [6.07, 6.45) is 1.15. The Kier molecular flexibility index (Phi) is 4.07. The Hall–Kier alpha value is -1.35. The van der Waals surface area contributed by atoms with Crippen molar-refractivity contribution in [1.82, 2.24) is 0 Å². The summed E-state index contributed by atoms with van der Waals surface area (Å²) in [5.41, 5.74) is 10.2. The number of aryl methyl sites for hydroxylation is 1. The van der Waals surface area contributed by atoms with Crippen molar-refractivity contribution in [3.05, 3.63) is 34.9 Å². The van der Waals surface area contributed by atoms with Crippen LogP contribution in [0.15, 0.2) is 18.2 Å². The Bertz CT molecular complexity index is 384. The first-order valence-corrected chi connectivity index (χ1v) is 5.46. The predicted molar refractivity (Wildman–Crippen MR) is 64.3 cm³/mol. The average Bonchev–Trinajstić information content (AvgIpc) is 2.43. The second-order valence-corrected chi connectivity index (χ2v) is 4.43. The summed E-state index contributed by atoms with van der Waals surface area (Å²) in [6.45, 7) is 5.43. The summed E-state index contributed by atoms with van der Waals surface area (Å²) in [5, 5.41) is 7.42. The van der Waals surface area contributed by atoms with Crippen LogP contribution in [0.1, 0.15) is 36.6 Å². The Labute approximate surface area is 96.3 Å². The zero-order chi connectivity index (χ0) is 12.3. The van der Waals surface area contributed by atoms with Gasteiger partial charge in [-0.25, -0.2) is 0 Å². The van der Waals surface area contributed by atoms with Gasteiger partial charge in [0.25, 0.3) is 5.97 Å². The van der Waals surface area contributed by atoms with Crippen LogP contribution >= 0.6 is 0 Å². The molecule has 1 aromatic rings. The molecule has 1 aliphatic carbocycles. The monoisotopic (exact) mass is 221 g/mol. The first kappa shape index (κ1) is 12.7. The first-order chi connectivity index (χ1) is 7.41. The van der Waals surface area contributed by atoms with E-state index in [-0.39, 0.29) is 6.04 Å². The van der Waals surface area contributed by atoms with Gasteiger partial charge in [-0.15, -0.1) is 0 Å². The number of carboxylic acid groups (broad SMARTS) is 1. The number of hydrogen-bond donors (Lipinski definition) is 2. The molecule has 88 valence electrons. The minimum Gasteiger partial charge on any atom is -0.481 e. The van der Waals surface area contributed by atoms with Crippen LogP contribution in [0.4, 0.5) is 0 Å². The third kappa shape index (κ3) is 3.07. The highest BCUT2D eigenvalue weighted by Crippen LogP contribution is 2.34. The first-order valence-electron chi connectivity index (χ1n) is 5.46. The van der Waals surface area contributed by atoms with Crippen molar-refractivity contribution < 1.29 is 9.90 Å². The standard InChI is InChI=1S/C11H15N.C2H4O2/c1-7-3-4-9-6-8(2)11(12)10(9)5-7;1-2(3)4/h3-5,8,11H,6,12H2,1-2H3;1H3,(H,3,4). The number of carbonyl (C=O) groups is 1. The molecule has 2 unspecified atom stereocenters. The van der Waals surface area contributed by atoms with Gasteiger partial charge in [0.1, 0.15) is 0 Å². The van der Waals surface area contributed by atoms with E-state index in [1.807, 2.05) is 0 Å². The smallest absolute Gasteiger partial charge is 0.300 e. The minimum atomic E-state index is -0.833. The molecule has 0 spiro atoms. The Morgan fingerprint density at radius 3 is 2.62 bits per heavy atom. The maximum Gasteiger partial charge on any atom is 0.300 e. The quantitative estimate of drug-likeness (QED) is 0.706. The maximum absolute atomic E-state index is 9.00. The molecule has 3 heteroatoms. The summed E-state index contributed by atoms with van der Waals surface area (Å²) >= 11 is 0. The SMILES string of the molecule is CC(=O)O.Cc1ccc2c(c1)C(N)C(C)C2. The molecule has 0 fully saturated rings. The molecule has 0 radical (unpaired) electrons. The Morgan fingerprint density at radius 1 is 1.50 bits per heavy atom. The van der Waals surface area contributed by atoms with Crippen LogP contribution in [0.2, 0.25) is 0 Å². The summed E-state index contributed by atoms with van der Waals surface area (Å²) in [4.78, 5) is 9.00. The van der Waals surface area contributed by atoms with Gasteiger partial charge in [0.2, 0.25) is 0 Å². The zero-order valence-corrected chi connectivity index (χ0v) is 10.0. The van der Waals surface area contributed by atoms with Crippen molar-refractivity contribution in [2.75, 3.05) is 0 Å². The van der Waals surface area contributed by atoms with E-state index in [4.69, 9.17) is 15.6 Å². The third-order valence-electron chi connectivity index (χ3n) is 2.82. The van der Waals surface area contributed by atoms with Gasteiger partial charge < -0.3 is 10.8 Å². The van der Waals surface area contributed by atoms with E-state index in [0.717, 1.165) is 13.3 Å². The number of hydrogen-bond acceptors (Lipinski definition) is 2. The summed E-state index contributed by atoms with van der Waals surface area (Å²) < 4.78 is 0. The van der Waals surface area contributed by atoms with E-state index < -0.39 is 5.97 Å². The van der Waals surface area contributed by atoms with Gasteiger partial charge in [0.15, 0.2) is 0 Å². The minimum absolute atomic E-state index is 0.264. The van der Waals surface area contributed by atoms with Gasteiger partial charge in [0.05, 0.1) is 0 Å². The highest BCUT2D eigenvalue weighted by molar-refractivity contribution is 5.62. The molecular formula is C13H19NO2. The van der Waals surface area contributed by atoms with Gasteiger partial charge >= 0.3 is 0 Å². The molecule has 2 atom stereocenters. The van der Waals surface area contributed by atoms with Gasteiger partial charge in [-0.3, -0.25) is 4.79 Å². The predicted octanol–water partition coefficient (Wildman–Crippen LogP) is 2.28. The van der Waals surface area contributed by atoms with Crippen molar-refractivity contribution in [3.8, 4) is 0 Å². The maximum atomic E-state index is 9.00. The summed E-state index contributed by atoms with van der Waals surface area (Å²) in [7, 11) is 0. The highest BCUT2D eigenvalue weighted by atomic mass is 16.4. The van der Waals surface area contributed by atoms with E-state index in [0.29, 0.717) is 5.92 Å². The normalized spacial score (nSPS) is 22.0. The molecule has 2 rings (SSSR count). The number of nitrogens with two attached hydrogens (primary N) is 1. The van der Waals surface area contributed by atoms with Crippen LogP contribution in [0.3, 0.4) is 0 Å². The van der Waals surface area contributed by atoms with Crippen LogP contribution in [0.5, 0.6) is 0 Å². The summed E-state index contributed by atoms with van der Waals surface area (Å²) in [6, 6.07) is 6.88. The molecule has 0 heterocycles. The largest absolute Gasteiger partial charge is 0.481 e. The third-order valence-corrected chi connectivity index (χ3v) is 2.82. The second kappa shape index (κ2) is 5.12. The van der Waals surface area contributed by atoms with Crippen LogP contribution in [0, 0.1) is 12.8 Å². The number of benzene rings is 1. The summed E-state index contributed by atoms with van der Waals surface area (Å²) in [5.74, 6) is -0.221. The fourth-order valence-electron chi connectivity index (χ4n) is 1.99. The molecule has 16 heavy (non-hydrogen) atoms. The topological polar surface area (TPSA) is 63.3 Å². The van der Waals surface area contributed by atoms with Crippen molar-refractivity contribution in [1.29, 1.82) is 0 Å². The molecule has 0 aromatic heterocycles. The molecular weight excluding hydrogens is 202 g/mol. The lowest BCUT2D eigenvalue weighted by Crippen LogP contribution is -2.13. The second-order valence-electron chi connectivity index (χ2n) is 4.43. The molecule has 0 saturated heterocycles. The zero-order valence-electron chi connectivity index (χ0n) is 10.0. The highest BCUT2D eigenvalue weighted by Gasteiger charge is 2.25. The van der Waals surface area contributed by atoms with Crippen molar-refractivity contribution in [2.45, 2.75) is 33.2 Å². The fraction of sp³-hybridized carbons (Fsp3) is 0.462. The van der Waals surface area contributed by atoms with E-state index in [9.17, 15) is 0 Å². The lowest BCUT2D eigenvalue weighted by molar-refractivity contribution is -0.134. The van der Waals surface area contributed by atoms with E-state index in [1.165, 1.54) is 16.7 Å². The van der Waals surface area contributed by atoms with Gasteiger partial charge in [-0.1, -0.05) is 30.7 Å².